The van der Waals surface area contributed by atoms with Crippen molar-refractivity contribution in [1.82, 2.24) is 19.7 Å². The number of nitrogens with zero attached hydrogens (tertiary/aromatic N) is 5. The van der Waals surface area contributed by atoms with Crippen molar-refractivity contribution in [2.45, 2.75) is 6.54 Å². The average molecular weight is 185 g/mol. The Balaban J connectivity index is 2.34. The summed E-state index contributed by atoms with van der Waals surface area (Å²) < 4.78 is 1.91. The van der Waals surface area contributed by atoms with Gasteiger partial charge in [-0.1, -0.05) is 0 Å². The van der Waals surface area contributed by atoms with Gasteiger partial charge in [0.15, 0.2) is 5.82 Å². The predicted octanol–water partition coefficient (Wildman–Crippen LogP) is 0.595. The second kappa shape index (κ2) is 2.73. The van der Waals surface area contributed by atoms with Crippen LogP contribution in [0.15, 0.2) is 29.8 Å². The van der Waals surface area contributed by atoms with Gasteiger partial charge in [0, 0.05) is 18.0 Å². The summed E-state index contributed by atoms with van der Waals surface area (Å²) in [6.45, 7) is 0.564. The summed E-state index contributed by atoms with van der Waals surface area (Å²) in [6.07, 6.45) is 7.07. The summed E-state index contributed by atoms with van der Waals surface area (Å²) in [6, 6.07) is 1.92. The monoisotopic (exact) mass is 185 g/mol. The molecule has 0 unspecified atom stereocenters. The average Bonchev–Trinajstić information content (AvgIpc) is 2.61. The van der Waals surface area contributed by atoms with Crippen LogP contribution in [0.1, 0.15) is 11.4 Å². The molecule has 2 aromatic heterocycles. The van der Waals surface area contributed by atoms with Crippen LogP contribution in [-0.2, 0) is 6.54 Å². The zero-order valence-corrected chi connectivity index (χ0v) is 7.33. The molecule has 0 aliphatic carbocycles. The maximum Gasteiger partial charge on any atom is 0.159 e. The normalized spacial score (nSPS) is 13.1. The van der Waals surface area contributed by atoms with E-state index >= 15 is 0 Å². The molecule has 3 heterocycles. The molecular weight excluding hydrogens is 178 g/mol. The van der Waals surface area contributed by atoms with Crippen LogP contribution in [0.2, 0.25) is 0 Å². The predicted molar refractivity (Wildman–Crippen MR) is 50.5 cm³/mol. The standard InChI is InChI=1S/C9H7N5/c1-2-10-4-8-7(1)3-11-5-9-13-12-6-14(8)9/h1-4,6H,5H2. The Morgan fingerprint density at radius 1 is 1.36 bits per heavy atom. The lowest BCUT2D eigenvalue weighted by molar-refractivity contribution is 0.869. The van der Waals surface area contributed by atoms with Gasteiger partial charge in [0.05, 0.1) is 18.4 Å². The van der Waals surface area contributed by atoms with Gasteiger partial charge in [-0.3, -0.25) is 14.5 Å². The summed E-state index contributed by atoms with van der Waals surface area (Å²) in [5.74, 6) is 0.841. The quantitative estimate of drug-likeness (QED) is 0.603. The molecular formula is C9H7N5. The van der Waals surface area contributed by atoms with Crippen molar-refractivity contribution in [1.29, 1.82) is 0 Å². The largest absolute Gasteiger partial charge is 0.284 e. The number of aromatic nitrogens is 4. The van der Waals surface area contributed by atoms with Crippen molar-refractivity contribution in [2.24, 2.45) is 4.99 Å². The molecule has 68 valence electrons. The first kappa shape index (κ1) is 7.37. The van der Waals surface area contributed by atoms with E-state index in [1.165, 1.54) is 0 Å². The molecule has 1 aliphatic rings. The van der Waals surface area contributed by atoms with Crippen molar-refractivity contribution in [2.75, 3.05) is 0 Å². The van der Waals surface area contributed by atoms with Crippen LogP contribution in [0.5, 0.6) is 0 Å². The number of aliphatic imine (C=N–C) groups is 1. The van der Waals surface area contributed by atoms with Gasteiger partial charge in [-0.25, -0.2) is 0 Å². The zero-order valence-electron chi connectivity index (χ0n) is 7.33. The molecule has 0 aromatic carbocycles. The van der Waals surface area contributed by atoms with E-state index in [2.05, 4.69) is 20.2 Å². The maximum absolute atomic E-state index is 4.25. The van der Waals surface area contributed by atoms with E-state index in [4.69, 9.17) is 0 Å². The second-order valence-electron chi connectivity index (χ2n) is 3.02. The van der Waals surface area contributed by atoms with Crippen LogP contribution in [0.3, 0.4) is 0 Å². The zero-order chi connectivity index (χ0) is 9.38. The Hall–Kier alpha value is -2.04. The van der Waals surface area contributed by atoms with Gasteiger partial charge in [-0.15, -0.1) is 10.2 Å². The number of hydrogen-bond donors (Lipinski definition) is 0. The van der Waals surface area contributed by atoms with Crippen LogP contribution < -0.4 is 0 Å². The molecule has 5 nitrogen and oxygen atoms in total. The van der Waals surface area contributed by atoms with Crippen LogP contribution in [0.4, 0.5) is 0 Å². The van der Waals surface area contributed by atoms with Crippen LogP contribution in [0, 0.1) is 0 Å². The molecule has 5 heteroatoms. The molecule has 0 spiro atoms. The first-order chi connectivity index (χ1) is 6.95. The Labute approximate surface area is 80.2 Å². The third-order valence-electron chi connectivity index (χ3n) is 2.17. The minimum absolute atomic E-state index is 0.564. The van der Waals surface area contributed by atoms with Crippen molar-refractivity contribution in [3.05, 3.63) is 36.2 Å². The minimum Gasteiger partial charge on any atom is -0.284 e. The van der Waals surface area contributed by atoms with E-state index in [1.54, 1.807) is 18.7 Å². The first-order valence-corrected chi connectivity index (χ1v) is 4.28. The lowest BCUT2D eigenvalue weighted by Crippen LogP contribution is -2.00. The molecule has 0 fully saturated rings. The first-order valence-electron chi connectivity index (χ1n) is 4.28. The Kier molecular flexibility index (Phi) is 1.44. The maximum atomic E-state index is 4.25. The van der Waals surface area contributed by atoms with Gasteiger partial charge < -0.3 is 0 Å². The molecule has 0 saturated heterocycles. The SMILES string of the molecule is C1=NCc2nncn2-c2cnccc21. The van der Waals surface area contributed by atoms with E-state index in [0.29, 0.717) is 6.54 Å². The fraction of sp³-hybridized carbons (Fsp3) is 0.111. The second-order valence-corrected chi connectivity index (χ2v) is 3.02. The fourth-order valence-electron chi connectivity index (χ4n) is 1.50. The Bertz CT molecular complexity index is 499. The van der Waals surface area contributed by atoms with Crippen LogP contribution >= 0.6 is 0 Å². The molecule has 1 aliphatic heterocycles. The molecule has 14 heavy (non-hydrogen) atoms. The molecule has 0 amide bonds. The topological polar surface area (TPSA) is 56.0 Å². The van der Waals surface area contributed by atoms with E-state index in [9.17, 15) is 0 Å². The number of rotatable bonds is 0. The highest BCUT2D eigenvalue weighted by molar-refractivity contribution is 5.85. The summed E-state index contributed by atoms with van der Waals surface area (Å²) >= 11 is 0. The lowest BCUT2D eigenvalue weighted by atomic mass is 10.2. The number of pyridine rings is 1. The van der Waals surface area contributed by atoms with E-state index in [-0.39, 0.29) is 0 Å². The smallest absolute Gasteiger partial charge is 0.159 e. The van der Waals surface area contributed by atoms with Crippen molar-refractivity contribution in [3.8, 4) is 5.69 Å². The highest BCUT2D eigenvalue weighted by atomic mass is 15.3. The Morgan fingerprint density at radius 2 is 2.36 bits per heavy atom. The van der Waals surface area contributed by atoms with Crippen LogP contribution in [-0.4, -0.2) is 26.0 Å². The molecule has 0 saturated carbocycles. The van der Waals surface area contributed by atoms with Crippen molar-refractivity contribution in [3.63, 3.8) is 0 Å². The van der Waals surface area contributed by atoms with Gasteiger partial charge in [0.25, 0.3) is 0 Å². The summed E-state index contributed by atoms with van der Waals surface area (Å²) in [5.41, 5.74) is 2.02. The van der Waals surface area contributed by atoms with Gasteiger partial charge in [-0.05, 0) is 6.07 Å². The molecule has 0 bridgehead atoms. The van der Waals surface area contributed by atoms with Crippen LogP contribution in [0.25, 0.3) is 5.69 Å². The fourth-order valence-corrected chi connectivity index (χ4v) is 1.50. The molecule has 2 aromatic rings. The van der Waals surface area contributed by atoms with Gasteiger partial charge in [0.2, 0.25) is 0 Å². The third kappa shape index (κ3) is 0.953. The lowest BCUT2D eigenvalue weighted by Gasteiger charge is -2.04. The van der Waals surface area contributed by atoms with E-state index in [1.807, 2.05) is 16.8 Å². The van der Waals surface area contributed by atoms with E-state index < -0.39 is 0 Å². The van der Waals surface area contributed by atoms with Gasteiger partial charge in [0.1, 0.15) is 6.33 Å². The Morgan fingerprint density at radius 3 is 3.36 bits per heavy atom. The third-order valence-corrected chi connectivity index (χ3v) is 2.17. The molecule has 0 N–H and O–H groups in total. The summed E-state index contributed by atoms with van der Waals surface area (Å²) in [7, 11) is 0. The summed E-state index contributed by atoms with van der Waals surface area (Å²) in [5, 5.41) is 7.84. The van der Waals surface area contributed by atoms with Gasteiger partial charge >= 0.3 is 0 Å². The molecule has 0 radical (unpaired) electrons. The number of hydrogen-bond acceptors (Lipinski definition) is 4. The number of fused-ring (bicyclic) bond motifs is 3. The molecule has 0 atom stereocenters. The summed E-state index contributed by atoms with van der Waals surface area (Å²) in [4.78, 5) is 8.33. The highest BCUT2D eigenvalue weighted by Crippen LogP contribution is 2.15. The highest BCUT2D eigenvalue weighted by Gasteiger charge is 2.11. The molecule has 3 rings (SSSR count). The van der Waals surface area contributed by atoms with Crippen molar-refractivity contribution < 1.29 is 0 Å². The minimum atomic E-state index is 0.564. The van der Waals surface area contributed by atoms with Crippen molar-refractivity contribution >= 4 is 6.21 Å². The van der Waals surface area contributed by atoms with Gasteiger partial charge in [-0.2, -0.15) is 0 Å². The van der Waals surface area contributed by atoms with E-state index in [0.717, 1.165) is 17.1 Å².